The zero-order valence-corrected chi connectivity index (χ0v) is 18.6. The van der Waals surface area contributed by atoms with Gasteiger partial charge in [-0.05, 0) is 67.9 Å². The Morgan fingerprint density at radius 2 is 1.76 bits per heavy atom. The molecule has 1 saturated heterocycles. The van der Waals surface area contributed by atoms with Gasteiger partial charge in [0.25, 0.3) is 0 Å². The van der Waals surface area contributed by atoms with Gasteiger partial charge in [-0.3, -0.25) is 14.7 Å². The highest BCUT2D eigenvalue weighted by atomic mass is 19.1. The van der Waals surface area contributed by atoms with Gasteiger partial charge in [0.2, 0.25) is 5.91 Å². The van der Waals surface area contributed by atoms with Crippen LogP contribution in [-0.2, 0) is 4.79 Å². The number of benzene rings is 2. The number of halogens is 3. The summed E-state index contributed by atoms with van der Waals surface area (Å²) in [4.78, 5) is 19.6. The zero-order valence-electron chi connectivity index (χ0n) is 18.6. The number of likely N-dealkylation sites (tertiary alicyclic amines) is 1. The van der Waals surface area contributed by atoms with Gasteiger partial charge in [-0.15, -0.1) is 0 Å². The number of hydrogen-bond acceptors (Lipinski definition) is 4. The molecule has 1 N–H and O–H groups in total. The first kappa shape index (κ1) is 23.8. The summed E-state index contributed by atoms with van der Waals surface area (Å²) in [5.74, 6) is -1.82. The maximum Gasteiger partial charge on any atom is 0.224 e. The molecule has 0 unspecified atom stereocenters. The van der Waals surface area contributed by atoms with Gasteiger partial charge < -0.3 is 10.1 Å². The Morgan fingerprint density at radius 1 is 1.03 bits per heavy atom. The Bertz CT molecular complexity index is 1090. The minimum Gasteiger partial charge on any atom is -0.489 e. The molecule has 1 aromatic heterocycles. The number of carbonyl (C=O) groups excluding carboxylic acids is 1. The normalized spacial score (nSPS) is 15.6. The lowest BCUT2D eigenvalue weighted by molar-refractivity contribution is -0.127. The monoisotopic (exact) mass is 469 g/mol. The van der Waals surface area contributed by atoms with Crippen molar-refractivity contribution in [2.45, 2.75) is 18.9 Å². The van der Waals surface area contributed by atoms with Gasteiger partial charge in [0.15, 0.2) is 11.6 Å². The van der Waals surface area contributed by atoms with Crippen molar-refractivity contribution in [2.24, 2.45) is 5.92 Å². The maximum atomic E-state index is 13.7. The Morgan fingerprint density at radius 3 is 2.47 bits per heavy atom. The zero-order chi connectivity index (χ0) is 23.9. The lowest BCUT2D eigenvalue weighted by Gasteiger charge is -2.32. The van der Waals surface area contributed by atoms with E-state index < -0.39 is 17.7 Å². The molecular formula is C26H26F3N3O2. The van der Waals surface area contributed by atoms with E-state index in [2.05, 4.69) is 15.2 Å². The molecule has 1 aliphatic rings. The van der Waals surface area contributed by atoms with E-state index in [0.717, 1.165) is 23.8 Å². The van der Waals surface area contributed by atoms with Crippen molar-refractivity contribution in [3.63, 3.8) is 0 Å². The third-order valence-electron chi connectivity index (χ3n) is 5.99. The Labute approximate surface area is 196 Å². The molecule has 2 heterocycles. The number of carbonyl (C=O) groups is 1. The fourth-order valence-corrected chi connectivity index (χ4v) is 4.08. The summed E-state index contributed by atoms with van der Waals surface area (Å²) in [6.45, 7) is 2.16. The molecule has 0 spiro atoms. The second-order valence-corrected chi connectivity index (χ2v) is 8.29. The summed E-state index contributed by atoms with van der Waals surface area (Å²) >= 11 is 0. The lowest BCUT2D eigenvalue weighted by Crippen LogP contribution is -2.43. The molecule has 178 valence electrons. The van der Waals surface area contributed by atoms with Gasteiger partial charge in [-0.25, -0.2) is 13.2 Å². The number of piperidine rings is 1. The average Bonchev–Trinajstić information content (AvgIpc) is 2.86. The first-order valence-corrected chi connectivity index (χ1v) is 11.3. The second-order valence-electron chi connectivity index (χ2n) is 8.29. The van der Waals surface area contributed by atoms with Gasteiger partial charge in [0.05, 0.1) is 11.7 Å². The summed E-state index contributed by atoms with van der Waals surface area (Å²) in [6.07, 6.45) is 2.99. The quantitative estimate of drug-likeness (QED) is 0.528. The molecule has 34 heavy (non-hydrogen) atoms. The summed E-state index contributed by atoms with van der Waals surface area (Å²) in [5, 5.41) is 3.09. The number of rotatable bonds is 8. The standard InChI is InChI=1S/C26H26F3N3O2/c27-20-6-4-18(5-7-20)25(23-3-1-2-12-30-23)31-26(33)19-10-13-32(14-11-19)15-16-34-24-17-21(28)8-9-22(24)29/h1-9,12,17,19,25H,10-11,13-16H2,(H,31,33)/t25-/m0/s1. The van der Waals surface area contributed by atoms with E-state index in [1.165, 1.54) is 12.1 Å². The molecule has 1 atom stereocenters. The average molecular weight is 470 g/mol. The van der Waals surface area contributed by atoms with Crippen molar-refractivity contribution >= 4 is 5.91 Å². The summed E-state index contributed by atoms with van der Waals surface area (Å²) in [7, 11) is 0. The van der Waals surface area contributed by atoms with Crippen LogP contribution in [0.1, 0.15) is 30.1 Å². The van der Waals surface area contributed by atoms with E-state index in [0.29, 0.717) is 38.2 Å². The van der Waals surface area contributed by atoms with E-state index >= 15 is 0 Å². The number of aromatic nitrogens is 1. The molecule has 1 aliphatic heterocycles. The van der Waals surface area contributed by atoms with E-state index in [-0.39, 0.29) is 30.0 Å². The summed E-state index contributed by atoms with van der Waals surface area (Å²) in [5.41, 5.74) is 1.44. The van der Waals surface area contributed by atoms with Crippen molar-refractivity contribution in [3.05, 3.63) is 95.6 Å². The van der Waals surface area contributed by atoms with Gasteiger partial charge in [-0.1, -0.05) is 18.2 Å². The molecule has 0 radical (unpaired) electrons. The maximum absolute atomic E-state index is 13.7. The minimum absolute atomic E-state index is 0.0716. The number of nitrogens with one attached hydrogen (secondary N) is 1. The highest BCUT2D eigenvalue weighted by Gasteiger charge is 2.28. The summed E-state index contributed by atoms with van der Waals surface area (Å²) in [6, 6.07) is 14.2. The molecular weight excluding hydrogens is 443 g/mol. The third kappa shape index (κ3) is 6.14. The van der Waals surface area contributed by atoms with Gasteiger partial charge in [0.1, 0.15) is 18.2 Å². The van der Waals surface area contributed by atoms with E-state index in [1.54, 1.807) is 24.4 Å². The number of hydrogen-bond donors (Lipinski definition) is 1. The molecule has 0 saturated carbocycles. The Balaban J connectivity index is 1.30. The summed E-state index contributed by atoms with van der Waals surface area (Å²) < 4.78 is 45.7. The van der Waals surface area contributed by atoms with Gasteiger partial charge in [0, 0.05) is 24.7 Å². The van der Waals surface area contributed by atoms with Crippen LogP contribution in [0, 0.1) is 23.4 Å². The Hall–Kier alpha value is -3.39. The van der Waals surface area contributed by atoms with Crippen molar-refractivity contribution in [2.75, 3.05) is 26.2 Å². The first-order chi connectivity index (χ1) is 16.5. The highest BCUT2D eigenvalue weighted by molar-refractivity contribution is 5.79. The number of nitrogens with zero attached hydrogens (tertiary/aromatic N) is 2. The Kier molecular flexibility index (Phi) is 7.80. The van der Waals surface area contributed by atoms with Crippen LogP contribution in [0.5, 0.6) is 5.75 Å². The lowest BCUT2D eigenvalue weighted by atomic mass is 9.94. The predicted molar refractivity (Wildman–Crippen MR) is 122 cm³/mol. The van der Waals surface area contributed by atoms with Gasteiger partial charge in [-0.2, -0.15) is 0 Å². The molecule has 3 aromatic rings. The van der Waals surface area contributed by atoms with Crippen molar-refractivity contribution in [1.82, 2.24) is 15.2 Å². The fraction of sp³-hybridized carbons (Fsp3) is 0.308. The van der Waals surface area contributed by atoms with Crippen molar-refractivity contribution in [3.8, 4) is 5.75 Å². The van der Waals surface area contributed by atoms with Gasteiger partial charge >= 0.3 is 0 Å². The van der Waals surface area contributed by atoms with E-state index in [1.807, 2.05) is 12.1 Å². The van der Waals surface area contributed by atoms with Crippen LogP contribution in [0.15, 0.2) is 66.9 Å². The van der Waals surface area contributed by atoms with Crippen LogP contribution >= 0.6 is 0 Å². The topological polar surface area (TPSA) is 54.5 Å². The predicted octanol–water partition coefficient (Wildman–Crippen LogP) is 4.50. The molecule has 0 bridgehead atoms. The third-order valence-corrected chi connectivity index (χ3v) is 5.99. The molecule has 1 fully saturated rings. The van der Waals surface area contributed by atoms with Crippen LogP contribution in [-0.4, -0.2) is 42.0 Å². The first-order valence-electron chi connectivity index (χ1n) is 11.3. The number of amides is 1. The molecule has 0 aliphatic carbocycles. The van der Waals surface area contributed by atoms with Crippen molar-refractivity contribution in [1.29, 1.82) is 0 Å². The molecule has 1 amide bonds. The van der Waals surface area contributed by atoms with Crippen LogP contribution in [0.25, 0.3) is 0 Å². The fourth-order valence-electron chi connectivity index (χ4n) is 4.08. The minimum atomic E-state index is -0.597. The molecule has 8 heteroatoms. The second kappa shape index (κ2) is 11.2. The van der Waals surface area contributed by atoms with Crippen LogP contribution in [0.4, 0.5) is 13.2 Å². The van der Waals surface area contributed by atoms with Crippen LogP contribution in [0.3, 0.4) is 0 Å². The highest BCUT2D eigenvalue weighted by Crippen LogP contribution is 2.24. The van der Waals surface area contributed by atoms with Crippen LogP contribution < -0.4 is 10.1 Å². The number of ether oxygens (including phenoxy) is 1. The van der Waals surface area contributed by atoms with Crippen molar-refractivity contribution < 1.29 is 22.7 Å². The number of pyridine rings is 1. The molecule has 5 nitrogen and oxygen atoms in total. The molecule has 4 rings (SSSR count). The van der Waals surface area contributed by atoms with E-state index in [4.69, 9.17) is 4.74 Å². The van der Waals surface area contributed by atoms with E-state index in [9.17, 15) is 18.0 Å². The largest absolute Gasteiger partial charge is 0.489 e. The molecule has 2 aromatic carbocycles. The van der Waals surface area contributed by atoms with Crippen LogP contribution in [0.2, 0.25) is 0 Å². The SMILES string of the molecule is O=C(N[C@@H](c1ccc(F)cc1)c1ccccn1)C1CCN(CCOc2cc(F)ccc2F)CC1. The smallest absolute Gasteiger partial charge is 0.224 e.